The average molecular weight is 404 g/mol. The number of pyridine rings is 1. The van der Waals surface area contributed by atoms with Crippen LogP contribution in [0.1, 0.15) is 17.4 Å². The molecule has 1 atom stereocenters. The number of benzene rings is 1. The maximum Gasteiger partial charge on any atom is 0.327 e. The van der Waals surface area contributed by atoms with E-state index in [0.717, 1.165) is 4.57 Å². The Labute approximate surface area is 163 Å². The van der Waals surface area contributed by atoms with E-state index in [1.54, 1.807) is 6.07 Å². The maximum atomic E-state index is 12.6. The minimum Gasteiger partial charge on any atom is -0.480 e. The highest BCUT2D eigenvalue weighted by Gasteiger charge is 2.24. The average Bonchev–Trinajstić information content (AvgIpc) is 3.14. The quantitative estimate of drug-likeness (QED) is 0.697. The van der Waals surface area contributed by atoms with Crippen LogP contribution in [-0.2, 0) is 11.2 Å². The Bertz CT molecular complexity index is 1100. The summed E-state index contributed by atoms with van der Waals surface area (Å²) in [5, 5.41) is 19.3. The molecule has 0 radical (unpaired) electrons. The predicted octanol–water partition coefficient (Wildman–Crippen LogP) is 3.55. The lowest BCUT2D eigenvalue weighted by molar-refractivity contribution is -0.141. The Morgan fingerprint density at radius 2 is 2.11 bits per heavy atom. The molecule has 0 spiro atoms. The highest BCUT2D eigenvalue weighted by Crippen LogP contribution is 2.31. The summed E-state index contributed by atoms with van der Waals surface area (Å²) in [6.07, 6.45) is 3.71. The van der Waals surface area contributed by atoms with Crippen molar-refractivity contribution in [2.75, 3.05) is 0 Å². The van der Waals surface area contributed by atoms with Gasteiger partial charge in [-0.15, -0.1) is 0 Å². The van der Waals surface area contributed by atoms with E-state index in [1.165, 1.54) is 37.0 Å². The fraction of sp³-hybridized carbons (Fsp3) is 0.111. The van der Waals surface area contributed by atoms with Gasteiger partial charge in [-0.1, -0.05) is 23.2 Å². The molecule has 2 heterocycles. The van der Waals surface area contributed by atoms with Gasteiger partial charge in [0.1, 0.15) is 11.8 Å². The maximum absolute atomic E-state index is 12.6. The van der Waals surface area contributed by atoms with Crippen molar-refractivity contribution in [3.8, 4) is 17.2 Å². The molecule has 7 nitrogen and oxygen atoms in total. The van der Waals surface area contributed by atoms with E-state index < -0.39 is 17.6 Å². The Morgan fingerprint density at radius 1 is 1.33 bits per heavy atom. The van der Waals surface area contributed by atoms with E-state index in [-0.39, 0.29) is 17.0 Å². The summed E-state index contributed by atoms with van der Waals surface area (Å²) < 4.78 is 6.08. The van der Waals surface area contributed by atoms with Crippen LogP contribution in [0.2, 0.25) is 10.0 Å². The second-order valence-corrected chi connectivity index (χ2v) is 6.45. The number of nitrogens with zero attached hydrogens (tertiary/aromatic N) is 3. The normalized spacial score (nSPS) is 11.7. The first-order valence-electron chi connectivity index (χ1n) is 7.62. The smallest absolute Gasteiger partial charge is 0.327 e. The highest BCUT2D eigenvalue weighted by molar-refractivity contribution is 6.33. The van der Waals surface area contributed by atoms with Crippen molar-refractivity contribution in [2.45, 2.75) is 12.5 Å². The molecule has 3 rings (SSSR count). The van der Waals surface area contributed by atoms with Crippen molar-refractivity contribution in [1.82, 2.24) is 9.55 Å². The zero-order valence-electron chi connectivity index (χ0n) is 13.6. The summed E-state index contributed by atoms with van der Waals surface area (Å²) >= 11 is 12.3. The Balaban J connectivity index is 2.10. The molecule has 0 aliphatic carbocycles. The van der Waals surface area contributed by atoms with Gasteiger partial charge in [0.05, 0.1) is 22.9 Å². The number of nitriles is 1. The summed E-state index contributed by atoms with van der Waals surface area (Å²) in [5.74, 6) is -0.908. The monoisotopic (exact) mass is 403 g/mol. The van der Waals surface area contributed by atoms with Crippen LogP contribution in [-0.4, -0.2) is 20.6 Å². The highest BCUT2D eigenvalue weighted by atomic mass is 35.5. The van der Waals surface area contributed by atoms with E-state index in [1.807, 2.05) is 6.07 Å². The van der Waals surface area contributed by atoms with Gasteiger partial charge in [0.25, 0.3) is 5.56 Å². The largest absolute Gasteiger partial charge is 0.480 e. The van der Waals surface area contributed by atoms with Gasteiger partial charge in [0.2, 0.25) is 0 Å². The van der Waals surface area contributed by atoms with Crippen LogP contribution in [0, 0.1) is 11.3 Å². The molecule has 27 heavy (non-hydrogen) atoms. The van der Waals surface area contributed by atoms with E-state index in [0.29, 0.717) is 21.9 Å². The molecule has 2 aromatic heterocycles. The second-order valence-electron chi connectivity index (χ2n) is 5.61. The van der Waals surface area contributed by atoms with Gasteiger partial charge >= 0.3 is 5.97 Å². The van der Waals surface area contributed by atoms with E-state index >= 15 is 0 Å². The van der Waals surface area contributed by atoms with Gasteiger partial charge < -0.3 is 9.52 Å². The minimum atomic E-state index is -1.23. The minimum absolute atomic E-state index is 0.0779. The first-order valence-corrected chi connectivity index (χ1v) is 8.38. The van der Waals surface area contributed by atoms with Gasteiger partial charge in [-0.3, -0.25) is 9.36 Å². The van der Waals surface area contributed by atoms with Gasteiger partial charge in [0, 0.05) is 34.8 Å². The molecule has 3 aromatic rings. The third-order valence-corrected chi connectivity index (χ3v) is 4.46. The van der Waals surface area contributed by atoms with Crippen molar-refractivity contribution in [1.29, 1.82) is 5.26 Å². The SMILES string of the molecule is N#Cc1ccc(Cl)cc1-c1cc(=O)n(C(Cc2cnco2)C(=O)O)cc1Cl. The Hall–Kier alpha value is -3.08. The van der Waals surface area contributed by atoms with Crippen LogP contribution < -0.4 is 5.56 Å². The first kappa shape index (κ1) is 18.7. The number of aromatic nitrogens is 2. The number of hydrogen-bond donors (Lipinski definition) is 1. The van der Waals surface area contributed by atoms with Crippen molar-refractivity contribution >= 4 is 29.2 Å². The number of rotatable bonds is 5. The fourth-order valence-electron chi connectivity index (χ4n) is 2.65. The van der Waals surface area contributed by atoms with Crippen molar-refractivity contribution in [2.24, 2.45) is 0 Å². The Morgan fingerprint density at radius 3 is 2.74 bits per heavy atom. The molecular weight excluding hydrogens is 393 g/mol. The number of oxazole rings is 1. The van der Waals surface area contributed by atoms with Gasteiger partial charge in [-0.2, -0.15) is 5.26 Å². The summed E-state index contributed by atoms with van der Waals surface area (Å²) in [6, 6.07) is 6.56. The van der Waals surface area contributed by atoms with E-state index in [2.05, 4.69) is 4.98 Å². The van der Waals surface area contributed by atoms with Crippen LogP contribution in [0.3, 0.4) is 0 Å². The summed E-state index contributed by atoms with van der Waals surface area (Å²) in [4.78, 5) is 28.0. The molecule has 0 saturated carbocycles. The molecular formula is C18H11Cl2N3O4. The standard InChI is InChI=1S/C18H11Cl2N3O4/c19-11-2-1-10(6-21)13(3-11)14-5-17(24)23(8-15(14)20)16(18(25)26)4-12-7-22-9-27-12/h1-3,5,7-9,16H,4H2,(H,25,26). The topological polar surface area (TPSA) is 109 Å². The van der Waals surface area contributed by atoms with E-state index in [4.69, 9.17) is 27.6 Å². The number of hydrogen-bond acceptors (Lipinski definition) is 5. The molecule has 0 aliphatic heterocycles. The molecule has 0 fully saturated rings. The molecule has 0 bridgehead atoms. The third-order valence-electron chi connectivity index (χ3n) is 3.92. The fourth-order valence-corrected chi connectivity index (χ4v) is 3.08. The lowest BCUT2D eigenvalue weighted by atomic mass is 10.0. The number of carboxylic acid groups (broad SMARTS) is 1. The molecule has 0 aliphatic rings. The van der Waals surface area contributed by atoms with Crippen LogP contribution in [0.25, 0.3) is 11.1 Å². The number of carboxylic acids is 1. The number of carbonyl (C=O) groups is 1. The van der Waals surface area contributed by atoms with Crippen LogP contribution in [0.15, 0.2) is 52.3 Å². The summed E-state index contributed by atoms with van der Waals surface area (Å²) in [5.41, 5.74) is 0.377. The number of halogens is 2. The van der Waals surface area contributed by atoms with Gasteiger partial charge in [-0.25, -0.2) is 9.78 Å². The van der Waals surface area contributed by atoms with Crippen molar-refractivity contribution < 1.29 is 14.3 Å². The molecule has 9 heteroatoms. The Kier molecular flexibility index (Phi) is 5.31. The summed E-state index contributed by atoms with van der Waals surface area (Å²) in [7, 11) is 0. The van der Waals surface area contributed by atoms with Gasteiger partial charge in [0.15, 0.2) is 6.39 Å². The van der Waals surface area contributed by atoms with Crippen LogP contribution in [0.4, 0.5) is 0 Å². The molecule has 1 unspecified atom stereocenters. The molecule has 0 saturated heterocycles. The molecule has 1 aromatic carbocycles. The van der Waals surface area contributed by atoms with E-state index in [9.17, 15) is 20.0 Å². The molecule has 0 amide bonds. The third kappa shape index (κ3) is 3.87. The zero-order valence-corrected chi connectivity index (χ0v) is 15.1. The lowest BCUT2D eigenvalue weighted by Crippen LogP contribution is -2.30. The first-order chi connectivity index (χ1) is 12.9. The number of aliphatic carboxylic acids is 1. The van der Waals surface area contributed by atoms with Crippen LogP contribution >= 0.6 is 23.2 Å². The van der Waals surface area contributed by atoms with Crippen molar-refractivity contribution in [3.63, 3.8) is 0 Å². The molecule has 1 N–H and O–H groups in total. The van der Waals surface area contributed by atoms with Crippen molar-refractivity contribution in [3.05, 3.63) is 74.8 Å². The van der Waals surface area contributed by atoms with Gasteiger partial charge in [-0.05, 0) is 18.2 Å². The second kappa shape index (κ2) is 7.66. The predicted molar refractivity (Wildman–Crippen MR) is 97.8 cm³/mol. The van der Waals surface area contributed by atoms with Crippen LogP contribution in [0.5, 0.6) is 0 Å². The molecule has 136 valence electrons. The lowest BCUT2D eigenvalue weighted by Gasteiger charge is -2.16. The summed E-state index contributed by atoms with van der Waals surface area (Å²) in [6.45, 7) is 0. The zero-order chi connectivity index (χ0) is 19.6.